The highest BCUT2D eigenvalue weighted by Gasteiger charge is 2.46. The quantitative estimate of drug-likeness (QED) is 0.573. The van der Waals surface area contributed by atoms with Gasteiger partial charge < -0.3 is 15.4 Å². The lowest BCUT2D eigenvalue weighted by Crippen LogP contribution is -2.66. The Balaban J connectivity index is 1.26. The average Bonchev–Trinajstić information content (AvgIpc) is 2.61. The number of fused-ring (bicyclic) bond motifs is 2. The number of carbonyl (C=O) groups is 1. The van der Waals surface area contributed by atoms with Crippen molar-refractivity contribution in [2.24, 2.45) is 11.8 Å². The molecule has 4 fully saturated rings. The molecule has 0 aromatic heterocycles. The molecule has 1 amide bonds. The number of hydrogen-bond acceptors (Lipinski definition) is 5. The van der Waals surface area contributed by atoms with E-state index in [1.807, 2.05) is 0 Å². The van der Waals surface area contributed by atoms with Crippen LogP contribution in [0.2, 0.25) is 5.02 Å². The summed E-state index contributed by atoms with van der Waals surface area (Å²) in [4.78, 5) is 12.3. The Morgan fingerprint density at radius 2 is 2.04 bits per heavy atom. The summed E-state index contributed by atoms with van der Waals surface area (Å²) in [5.41, 5.74) is 0. The summed E-state index contributed by atoms with van der Waals surface area (Å²) in [5.74, 6) is 0.827. The maximum absolute atomic E-state index is 13.5. The number of rotatable bonds is 6. The number of carbonyl (C=O) groups excluding carboxylic acids is 1. The summed E-state index contributed by atoms with van der Waals surface area (Å²) >= 11 is 5.66. The van der Waals surface area contributed by atoms with Crippen molar-refractivity contribution < 1.29 is 13.9 Å². The van der Waals surface area contributed by atoms with Crippen LogP contribution in [0, 0.1) is 17.7 Å². The van der Waals surface area contributed by atoms with Crippen molar-refractivity contribution in [2.75, 3.05) is 19.7 Å². The van der Waals surface area contributed by atoms with Gasteiger partial charge in [-0.15, -0.1) is 0 Å². The largest absolute Gasteiger partial charge is 0.484 e. The molecule has 3 saturated carbocycles. The molecule has 1 aliphatic heterocycles. The second-order valence-electron chi connectivity index (χ2n) is 8.32. The van der Waals surface area contributed by atoms with Gasteiger partial charge in [0.2, 0.25) is 0 Å². The van der Waals surface area contributed by atoms with Crippen LogP contribution in [0.4, 0.5) is 4.39 Å². The van der Waals surface area contributed by atoms with Crippen molar-refractivity contribution in [2.45, 2.75) is 50.5 Å². The van der Waals surface area contributed by atoms with E-state index in [0.29, 0.717) is 29.7 Å². The zero-order valence-electron chi connectivity index (χ0n) is 16.0. The van der Waals surface area contributed by atoms with Crippen LogP contribution in [0.15, 0.2) is 18.2 Å². The van der Waals surface area contributed by atoms with E-state index in [-0.39, 0.29) is 29.7 Å². The second kappa shape index (κ2) is 8.53. The van der Waals surface area contributed by atoms with E-state index in [0.717, 1.165) is 32.4 Å². The fraction of sp³-hybridized carbons (Fsp3) is 0.650. The van der Waals surface area contributed by atoms with Crippen molar-refractivity contribution in [3.8, 4) is 5.75 Å². The van der Waals surface area contributed by atoms with E-state index in [9.17, 15) is 9.18 Å². The van der Waals surface area contributed by atoms with Gasteiger partial charge in [0.05, 0.1) is 11.2 Å². The Bertz CT molecular complexity index is 715. The SMILES string of the molecule is CC1CNCC(N[C@@H]2C[C@H](NC(=O)COc3ccc(Cl)c(F)c3)C3CC2C3)N1. The van der Waals surface area contributed by atoms with Gasteiger partial charge in [-0.2, -0.15) is 0 Å². The number of amides is 1. The second-order valence-corrected chi connectivity index (χ2v) is 8.72. The van der Waals surface area contributed by atoms with Crippen molar-refractivity contribution in [1.82, 2.24) is 21.3 Å². The van der Waals surface area contributed by atoms with Crippen LogP contribution < -0.4 is 26.0 Å². The topological polar surface area (TPSA) is 74.4 Å². The lowest BCUT2D eigenvalue weighted by Gasteiger charge is -2.52. The Labute approximate surface area is 169 Å². The molecule has 4 atom stereocenters. The Morgan fingerprint density at radius 1 is 1.25 bits per heavy atom. The highest BCUT2D eigenvalue weighted by molar-refractivity contribution is 6.30. The molecule has 1 heterocycles. The predicted octanol–water partition coefficient (Wildman–Crippen LogP) is 1.64. The maximum Gasteiger partial charge on any atom is 0.258 e. The molecule has 1 aromatic carbocycles. The summed E-state index contributed by atoms with van der Waals surface area (Å²) in [7, 11) is 0. The zero-order chi connectivity index (χ0) is 19.7. The smallest absolute Gasteiger partial charge is 0.258 e. The minimum absolute atomic E-state index is 0.0362. The maximum atomic E-state index is 13.5. The van der Waals surface area contributed by atoms with Crippen molar-refractivity contribution in [3.63, 3.8) is 0 Å². The number of ether oxygens (including phenoxy) is 1. The van der Waals surface area contributed by atoms with Crippen LogP contribution in [0.1, 0.15) is 26.2 Å². The third-order valence-corrected chi connectivity index (χ3v) is 6.47. The molecule has 5 rings (SSSR count). The van der Waals surface area contributed by atoms with Crippen molar-refractivity contribution in [1.29, 1.82) is 0 Å². The number of piperazine rings is 1. The molecular formula is C20H28ClFN4O2. The van der Waals surface area contributed by atoms with Crippen LogP contribution in [0.3, 0.4) is 0 Å². The molecule has 4 N–H and O–H groups in total. The first-order valence-electron chi connectivity index (χ1n) is 10.1. The molecule has 28 heavy (non-hydrogen) atoms. The molecule has 1 aromatic rings. The summed E-state index contributed by atoms with van der Waals surface area (Å²) in [5, 5.41) is 13.9. The fourth-order valence-electron chi connectivity index (χ4n) is 4.64. The Morgan fingerprint density at radius 3 is 2.79 bits per heavy atom. The van der Waals surface area contributed by atoms with E-state index in [2.05, 4.69) is 28.2 Å². The molecule has 3 aliphatic carbocycles. The first kappa shape index (κ1) is 19.9. The van der Waals surface area contributed by atoms with Crippen molar-refractivity contribution >= 4 is 17.5 Å². The van der Waals surface area contributed by atoms with E-state index in [1.165, 1.54) is 12.1 Å². The Kier molecular flexibility index (Phi) is 6.06. The minimum atomic E-state index is -0.554. The first-order chi connectivity index (χ1) is 13.5. The summed E-state index contributed by atoms with van der Waals surface area (Å²) in [6.07, 6.45) is 3.51. The molecule has 2 bridgehead atoms. The molecule has 0 radical (unpaired) electrons. The number of halogens is 2. The van der Waals surface area contributed by atoms with E-state index < -0.39 is 5.82 Å². The van der Waals surface area contributed by atoms with Gasteiger partial charge >= 0.3 is 0 Å². The van der Waals surface area contributed by atoms with E-state index in [4.69, 9.17) is 16.3 Å². The molecule has 6 nitrogen and oxygen atoms in total. The van der Waals surface area contributed by atoms with Crippen LogP contribution in [0.25, 0.3) is 0 Å². The van der Waals surface area contributed by atoms with Gasteiger partial charge in [0, 0.05) is 37.3 Å². The van der Waals surface area contributed by atoms with Crippen molar-refractivity contribution in [3.05, 3.63) is 29.0 Å². The minimum Gasteiger partial charge on any atom is -0.484 e. The third kappa shape index (κ3) is 4.59. The Hall–Kier alpha value is -1.41. The standard InChI is InChI=1S/C20H28ClFN4O2/c1-11-8-23-9-19(24-11)25-17-7-18(13-4-12(17)5-13)26-20(27)10-28-14-2-3-15(21)16(22)6-14/h2-3,6,11-13,17-19,23-25H,4-5,7-10H2,1H3,(H,26,27)/t11?,12?,13?,17-,18+,19?/m1/s1. The molecule has 2 unspecified atom stereocenters. The molecule has 8 heteroatoms. The van der Waals surface area contributed by atoms with Gasteiger partial charge in [-0.25, -0.2) is 4.39 Å². The zero-order valence-corrected chi connectivity index (χ0v) is 16.8. The van der Waals surface area contributed by atoms with Gasteiger partial charge in [0.15, 0.2) is 6.61 Å². The molecule has 1 saturated heterocycles. The third-order valence-electron chi connectivity index (χ3n) is 6.16. The lowest BCUT2D eigenvalue weighted by molar-refractivity contribution is -0.125. The van der Waals surface area contributed by atoms with Gasteiger partial charge in [-0.05, 0) is 50.2 Å². The van der Waals surface area contributed by atoms with Gasteiger partial charge in [0.1, 0.15) is 11.6 Å². The molecular weight excluding hydrogens is 383 g/mol. The number of benzene rings is 1. The molecule has 4 aliphatic rings. The summed E-state index contributed by atoms with van der Waals surface area (Å²) in [6, 6.07) is 5.20. The van der Waals surface area contributed by atoms with Crippen LogP contribution in [-0.2, 0) is 4.79 Å². The number of hydrogen-bond donors (Lipinski definition) is 4. The highest BCUT2D eigenvalue weighted by Crippen LogP contribution is 2.45. The normalized spacial score (nSPS) is 34.4. The van der Waals surface area contributed by atoms with Gasteiger partial charge in [0.25, 0.3) is 5.91 Å². The average molecular weight is 411 g/mol. The van der Waals surface area contributed by atoms with E-state index >= 15 is 0 Å². The monoisotopic (exact) mass is 410 g/mol. The first-order valence-corrected chi connectivity index (χ1v) is 10.5. The van der Waals surface area contributed by atoms with Crippen LogP contribution in [-0.4, -0.2) is 49.9 Å². The van der Waals surface area contributed by atoms with Gasteiger partial charge in [-0.3, -0.25) is 15.4 Å². The lowest BCUT2D eigenvalue weighted by atomic mass is 9.60. The molecule has 154 valence electrons. The van der Waals surface area contributed by atoms with Crippen LogP contribution in [0.5, 0.6) is 5.75 Å². The van der Waals surface area contributed by atoms with Crippen LogP contribution >= 0.6 is 11.6 Å². The summed E-state index contributed by atoms with van der Waals surface area (Å²) in [6.45, 7) is 3.96. The molecule has 0 spiro atoms. The number of nitrogens with one attached hydrogen (secondary N) is 4. The highest BCUT2D eigenvalue weighted by atomic mass is 35.5. The van der Waals surface area contributed by atoms with Gasteiger partial charge in [-0.1, -0.05) is 11.6 Å². The fourth-order valence-corrected chi connectivity index (χ4v) is 4.76. The summed E-state index contributed by atoms with van der Waals surface area (Å²) < 4.78 is 18.9. The van der Waals surface area contributed by atoms with E-state index in [1.54, 1.807) is 6.07 Å². The predicted molar refractivity (Wildman–Crippen MR) is 106 cm³/mol.